The molecule has 5 rings (SSSR count). The SMILES string of the molecule is Cc1nc(-c2cccc(O)c2)c2c(n1)[C@@]1(c3ccccc3)CC(C#N)C(=O)[C@@H](C)[C@@H]1CC2. The second-order valence-electron chi connectivity index (χ2n) is 9.06. The molecule has 0 spiro atoms. The van der Waals surface area contributed by atoms with E-state index >= 15 is 0 Å². The molecule has 0 aliphatic heterocycles. The van der Waals surface area contributed by atoms with Crippen molar-refractivity contribution in [3.63, 3.8) is 0 Å². The molecule has 5 nitrogen and oxygen atoms in total. The Morgan fingerprint density at radius 3 is 2.62 bits per heavy atom. The smallest absolute Gasteiger partial charge is 0.153 e. The van der Waals surface area contributed by atoms with E-state index in [4.69, 9.17) is 9.97 Å². The number of rotatable bonds is 2. The summed E-state index contributed by atoms with van der Waals surface area (Å²) in [5, 5.41) is 19.9. The van der Waals surface area contributed by atoms with Crippen molar-refractivity contribution in [2.45, 2.75) is 38.5 Å². The Morgan fingerprint density at radius 2 is 1.91 bits per heavy atom. The number of nitrogens with zero attached hydrogens (tertiary/aromatic N) is 3. The molecule has 1 unspecified atom stereocenters. The number of aromatic nitrogens is 2. The zero-order valence-electron chi connectivity index (χ0n) is 18.2. The van der Waals surface area contributed by atoms with Crippen LogP contribution in [0.1, 0.15) is 42.4 Å². The van der Waals surface area contributed by atoms with Crippen LogP contribution in [0.5, 0.6) is 5.75 Å². The van der Waals surface area contributed by atoms with Crippen LogP contribution >= 0.6 is 0 Å². The number of Topliss-reactive ketones (excluding diaryl/α,β-unsaturated/α-hetero) is 1. The van der Waals surface area contributed by atoms with E-state index in [0.29, 0.717) is 12.2 Å². The average Bonchev–Trinajstić information content (AvgIpc) is 2.81. The minimum absolute atomic E-state index is 0.0477. The van der Waals surface area contributed by atoms with Gasteiger partial charge in [-0.15, -0.1) is 0 Å². The van der Waals surface area contributed by atoms with E-state index in [1.165, 1.54) is 0 Å². The number of nitriles is 1. The highest BCUT2D eigenvalue weighted by Crippen LogP contribution is 2.56. The third-order valence-corrected chi connectivity index (χ3v) is 7.37. The molecule has 1 aromatic heterocycles. The van der Waals surface area contributed by atoms with Crippen molar-refractivity contribution in [2.24, 2.45) is 17.8 Å². The van der Waals surface area contributed by atoms with E-state index in [1.807, 2.05) is 44.2 Å². The molecule has 0 bridgehead atoms. The molecule has 32 heavy (non-hydrogen) atoms. The summed E-state index contributed by atoms with van der Waals surface area (Å²) in [5.41, 5.74) is 4.25. The average molecular weight is 424 g/mol. The fourth-order valence-corrected chi connectivity index (χ4v) is 5.99. The van der Waals surface area contributed by atoms with Gasteiger partial charge in [-0.05, 0) is 49.8 Å². The van der Waals surface area contributed by atoms with E-state index in [-0.39, 0.29) is 23.4 Å². The number of phenolic OH excluding ortho intramolecular Hbond substituents is 1. The molecule has 1 saturated carbocycles. The van der Waals surface area contributed by atoms with Gasteiger partial charge in [-0.1, -0.05) is 49.4 Å². The second kappa shape index (κ2) is 7.56. The van der Waals surface area contributed by atoms with E-state index in [0.717, 1.165) is 40.9 Å². The van der Waals surface area contributed by atoms with Gasteiger partial charge in [0.1, 0.15) is 17.5 Å². The van der Waals surface area contributed by atoms with Crippen LogP contribution in [0.2, 0.25) is 0 Å². The molecule has 1 fully saturated rings. The second-order valence-corrected chi connectivity index (χ2v) is 9.06. The first-order valence-corrected chi connectivity index (χ1v) is 11.1. The predicted molar refractivity (Wildman–Crippen MR) is 121 cm³/mol. The van der Waals surface area contributed by atoms with Gasteiger partial charge in [0.25, 0.3) is 0 Å². The van der Waals surface area contributed by atoms with E-state index in [1.54, 1.807) is 12.1 Å². The topological polar surface area (TPSA) is 86.9 Å². The molecule has 2 aliphatic rings. The number of carbonyl (C=O) groups excluding carboxylic acids is 1. The summed E-state index contributed by atoms with van der Waals surface area (Å²) >= 11 is 0. The minimum atomic E-state index is -0.660. The van der Waals surface area contributed by atoms with Crippen molar-refractivity contribution < 1.29 is 9.90 Å². The van der Waals surface area contributed by atoms with Crippen molar-refractivity contribution >= 4 is 5.78 Å². The Bertz CT molecular complexity index is 1250. The largest absolute Gasteiger partial charge is 0.508 e. The van der Waals surface area contributed by atoms with Gasteiger partial charge < -0.3 is 5.11 Å². The number of fused-ring (bicyclic) bond motifs is 3. The zero-order valence-corrected chi connectivity index (χ0v) is 18.2. The van der Waals surface area contributed by atoms with Crippen molar-refractivity contribution in [1.29, 1.82) is 5.26 Å². The van der Waals surface area contributed by atoms with E-state index in [2.05, 4.69) is 18.2 Å². The van der Waals surface area contributed by atoms with E-state index < -0.39 is 11.3 Å². The normalized spacial score (nSPS) is 26.7. The van der Waals surface area contributed by atoms with Crippen molar-refractivity contribution in [1.82, 2.24) is 9.97 Å². The molecule has 1 heterocycles. The van der Waals surface area contributed by atoms with E-state index in [9.17, 15) is 15.2 Å². The highest BCUT2D eigenvalue weighted by molar-refractivity contribution is 5.87. The molecule has 0 radical (unpaired) electrons. The maximum atomic E-state index is 13.0. The molecule has 2 aromatic carbocycles. The minimum Gasteiger partial charge on any atom is -0.508 e. The molecule has 2 aliphatic carbocycles. The summed E-state index contributed by atoms with van der Waals surface area (Å²) in [6, 6.07) is 19.7. The van der Waals surface area contributed by atoms with Crippen LogP contribution in [0.4, 0.5) is 0 Å². The molecule has 0 amide bonds. The van der Waals surface area contributed by atoms with Gasteiger partial charge in [-0.3, -0.25) is 4.79 Å². The highest BCUT2D eigenvalue weighted by Gasteiger charge is 2.56. The maximum Gasteiger partial charge on any atom is 0.153 e. The number of ketones is 1. The van der Waals surface area contributed by atoms with Gasteiger partial charge in [0.15, 0.2) is 5.78 Å². The Hall–Kier alpha value is -3.52. The van der Waals surface area contributed by atoms with Crippen LogP contribution in [0, 0.1) is 36.0 Å². The number of benzene rings is 2. The number of phenols is 1. The molecular formula is C27H25N3O2. The first-order valence-electron chi connectivity index (χ1n) is 11.1. The Balaban J connectivity index is 1.82. The van der Waals surface area contributed by atoms with Crippen molar-refractivity contribution in [3.05, 3.63) is 77.2 Å². The number of carbonyl (C=O) groups is 1. The fourth-order valence-electron chi connectivity index (χ4n) is 5.99. The summed E-state index contributed by atoms with van der Waals surface area (Å²) in [5.74, 6) is 0.0805. The summed E-state index contributed by atoms with van der Waals surface area (Å²) < 4.78 is 0. The lowest BCUT2D eigenvalue weighted by Gasteiger charge is -2.51. The number of aromatic hydroxyl groups is 1. The van der Waals surface area contributed by atoms with Crippen LogP contribution in [-0.4, -0.2) is 20.9 Å². The third kappa shape index (κ3) is 2.94. The van der Waals surface area contributed by atoms with Crippen LogP contribution in [0.3, 0.4) is 0 Å². The molecule has 160 valence electrons. The standard InChI is InChI=1S/C27H25N3O2/c1-16-23-12-11-22-24(18-7-6-10-21(31)13-18)29-17(2)30-26(22)27(23,14-19(15-28)25(16)32)20-8-4-3-5-9-20/h3-10,13,16,19,23,31H,11-12,14H2,1-2H3/t16-,19?,23-,27+/m0/s1. The Morgan fingerprint density at radius 1 is 1.12 bits per heavy atom. The lowest BCUT2D eigenvalue weighted by Crippen LogP contribution is -2.53. The van der Waals surface area contributed by atoms with Crippen LogP contribution < -0.4 is 0 Å². The predicted octanol–water partition coefficient (Wildman–Crippen LogP) is 4.75. The van der Waals surface area contributed by atoms with Gasteiger partial charge in [0.2, 0.25) is 0 Å². The summed E-state index contributed by atoms with van der Waals surface area (Å²) in [7, 11) is 0. The Labute approximate surface area is 187 Å². The lowest BCUT2D eigenvalue weighted by atomic mass is 9.50. The molecule has 1 N–H and O–H groups in total. The molecule has 4 atom stereocenters. The van der Waals surface area contributed by atoms with Crippen LogP contribution in [0.15, 0.2) is 54.6 Å². The first kappa shape index (κ1) is 20.4. The third-order valence-electron chi connectivity index (χ3n) is 7.37. The Kier molecular flexibility index (Phi) is 4.82. The van der Waals surface area contributed by atoms with Gasteiger partial charge in [-0.2, -0.15) is 5.26 Å². The highest BCUT2D eigenvalue weighted by atomic mass is 16.3. The number of hydrogen-bond donors (Lipinski definition) is 1. The summed E-state index contributed by atoms with van der Waals surface area (Å²) in [6.07, 6.45) is 2.02. The monoisotopic (exact) mass is 423 g/mol. The zero-order chi connectivity index (χ0) is 22.5. The van der Waals surface area contributed by atoms with Gasteiger partial charge >= 0.3 is 0 Å². The van der Waals surface area contributed by atoms with Crippen LogP contribution in [0.25, 0.3) is 11.3 Å². The van der Waals surface area contributed by atoms with Crippen LogP contribution in [-0.2, 0) is 16.6 Å². The summed E-state index contributed by atoms with van der Waals surface area (Å²) in [4.78, 5) is 22.8. The summed E-state index contributed by atoms with van der Waals surface area (Å²) in [6.45, 7) is 3.86. The number of hydrogen-bond acceptors (Lipinski definition) is 5. The first-order chi connectivity index (χ1) is 15.5. The quantitative estimate of drug-likeness (QED) is 0.642. The lowest BCUT2D eigenvalue weighted by molar-refractivity contribution is -0.131. The van der Waals surface area contributed by atoms with Crippen molar-refractivity contribution in [3.8, 4) is 23.1 Å². The van der Waals surface area contributed by atoms with Crippen molar-refractivity contribution in [2.75, 3.05) is 0 Å². The van der Waals surface area contributed by atoms with Gasteiger partial charge in [0.05, 0.1) is 17.5 Å². The molecular weight excluding hydrogens is 398 g/mol. The molecule has 5 heteroatoms. The molecule has 3 aromatic rings. The maximum absolute atomic E-state index is 13.0. The number of aryl methyl sites for hydroxylation is 1. The molecule has 0 saturated heterocycles. The van der Waals surface area contributed by atoms with Gasteiger partial charge in [-0.25, -0.2) is 9.97 Å². The van der Waals surface area contributed by atoms with Gasteiger partial charge in [0, 0.05) is 22.5 Å². The fraction of sp³-hybridized carbons (Fsp3) is 0.333.